The fourth-order valence-corrected chi connectivity index (χ4v) is 2.16. The van der Waals surface area contributed by atoms with Crippen LogP contribution in [0.5, 0.6) is 5.75 Å². The predicted octanol–water partition coefficient (Wildman–Crippen LogP) is 2.59. The molecule has 0 radical (unpaired) electrons. The van der Waals surface area contributed by atoms with Gasteiger partial charge in [-0.1, -0.05) is 15.9 Å². The SMILES string of the molecule is CC(=O)Oc1ccc(Br)c(C=C2C(=O)OC(C)(C)OC2=O)c1. The monoisotopic (exact) mass is 368 g/mol. The topological polar surface area (TPSA) is 78.9 Å². The van der Waals surface area contributed by atoms with E-state index in [9.17, 15) is 14.4 Å². The van der Waals surface area contributed by atoms with E-state index in [2.05, 4.69) is 15.9 Å². The highest BCUT2D eigenvalue weighted by Gasteiger charge is 2.38. The van der Waals surface area contributed by atoms with Gasteiger partial charge in [-0.2, -0.15) is 0 Å². The molecule has 1 fully saturated rings. The smallest absolute Gasteiger partial charge is 0.348 e. The number of carbonyl (C=O) groups is 3. The number of hydrogen-bond donors (Lipinski definition) is 0. The van der Waals surface area contributed by atoms with Crippen LogP contribution in [0, 0.1) is 0 Å². The van der Waals surface area contributed by atoms with Gasteiger partial charge in [0.2, 0.25) is 0 Å². The molecular weight excluding hydrogens is 356 g/mol. The Balaban J connectivity index is 2.38. The molecule has 1 aromatic carbocycles. The first kappa shape index (κ1) is 16.2. The Kier molecular flexibility index (Phi) is 4.37. The van der Waals surface area contributed by atoms with Crippen molar-refractivity contribution in [2.45, 2.75) is 26.6 Å². The molecule has 1 heterocycles. The Morgan fingerprint density at radius 1 is 1.23 bits per heavy atom. The Morgan fingerprint density at radius 3 is 2.36 bits per heavy atom. The average Bonchev–Trinajstić information content (AvgIpc) is 2.35. The Labute approximate surface area is 135 Å². The van der Waals surface area contributed by atoms with Crippen molar-refractivity contribution in [3.05, 3.63) is 33.8 Å². The molecule has 0 spiro atoms. The van der Waals surface area contributed by atoms with Gasteiger partial charge in [0.05, 0.1) is 0 Å². The van der Waals surface area contributed by atoms with Crippen LogP contribution in [0.3, 0.4) is 0 Å². The van der Waals surface area contributed by atoms with Crippen molar-refractivity contribution < 1.29 is 28.6 Å². The van der Waals surface area contributed by atoms with E-state index in [1.807, 2.05) is 0 Å². The normalized spacial score (nSPS) is 16.6. The molecule has 1 saturated heterocycles. The van der Waals surface area contributed by atoms with Gasteiger partial charge in [-0.05, 0) is 29.8 Å². The molecule has 0 bridgehead atoms. The number of hydrogen-bond acceptors (Lipinski definition) is 6. The maximum absolute atomic E-state index is 11.9. The summed E-state index contributed by atoms with van der Waals surface area (Å²) in [6.07, 6.45) is 1.32. The fourth-order valence-electron chi connectivity index (χ4n) is 1.80. The van der Waals surface area contributed by atoms with E-state index in [0.717, 1.165) is 0 Å². The number of benzene rings is 1. The molecule has 7 heteroatoms. The lowest BCUT2D eigenvalue weighted by Crippen LogP contribution is -2.41. The summed E-state index contributed by atoms with van der Waals surface area (Å²) in [6, 6.07) is 4.72. The zero-order chi connectivity index (χ0) is 16.5. The molecule has 0 N–H and O–H groups in total. The second-order valence-electron chi connectivity index (χ2n) is 5.01. The highest BCUT2D eigenvalue weighted by Crippen LogP contribution is 2.28. The fraction of sp³-hybridized carbons (Fsp3) is 0.267. The summed E-state index contributed by atoms with van der Waals surface area (Å²) in [6.45, 7) is 4.21. The Hall–Kier alpha value is -2.15. The lowest BCUT2D eigenvalue weighted by molar-refractivity contribution is -0.222. The summed E-state index contributed by atoms with van der Waals surface area (Å²) in [5, 5.41) is 0. The van der Waals surface area contributed by atoms with Crippen LogP contribution in [-0.4, -0.2) is 23.7 Å². The molecule has 0 saturated carbocycles. The molecular formula is C15H13BrO6. The molecule has 116 valence electrons. The summed E-state index contributed by atoms with van der Waals surface area (Å²) in [7, 11) is 0. The zero-order valence-corrected chi connectivity index (χ0v) is 13.7. The number of carbonyl (C=O) groups excluding carboxylic acids is 3. The molecule has 22 heavy (non-hydrogen) atoms. The maximum Gasteiger partial charge on any atom is 0.348 e. The Morgan fingerprint density at radius 2 is 1.82 bits per heavy atom. The standard InChI is InChI=1S/C15H13BrO6/c1-8(17)20-10-4-5-12(16)9(6-10)7-11-13(18)21-15(2,3)22-14(11)19/h4-7H,1-3H3. The highest BCUT2D eigenvalue weighted by molar-refractivity contribution is 9.10. The maximum atomic E-state index is 11.9. The first-order valence-electron chi connectivity index (χ1n) is 6.34. The number of esters is 3. The van der Waals surface area contributed by atoms with Crippen molar-refractivity contribution in [3.63, 3.8) is 0 Å². The van der Waals surface area contributed by atoms with Gasteiger partial charge in [0.1, 0.15) is 11.3 Å². The van der Waals surface area contributed by atoms with E-state index in [-0.39, 0.29) is 5.57 Å². The third-order valence-electron chi connectivity index (χ3n) is 2.65. The second kappa shape index (κ2) is 5.92. The molecule has 0 aliphatic carbocycles. The summed E-state index contributed by atoms with van der Waals surface area (Å²) >= 11 is 3.30. The zero-order valence-electron chi connectivity index (χ0n) is 12.1. The number of ether oxygens (including phenoxy) is 3. The van der Waals surface area contributed by atoms with E-state index in [0.29, 0.717) is 15.8 Å². The lowest BCUT2D eigenvalue weighted by Gasteiger charge is -2.29. The van der Waals surface area contributed by atoms with Gasteiger partial charge in [0.15, 0.2) is 0 Å². The minimum atomic E-state index is -1.29. The van der Waals surface area contributed by atoms with Crippen LogP contribution in [0.15, 0.2) is 28.2 Å². The van der Waals surface area contributed by atoms with E-state index >= 15 is 0 Å². The van der Waals surface area contributed by atoms with Gasteiger partial charge in [-0.15, -0.1) is 0 Å². The molecule has 0 atom stereocenters. The third kappa shape index (κ3) is 3.73. The molecule has 0 amide bonds. The minimum absolute atomic E-state index is 0.236. The predicted molar refractivity (Wildman–Crippen MR) is 79.7 cm³/mol. The summed E-state index contributed by atoms with van der Waals surface area (Å²) < 4.78 is 15.6. The molecule has 1 aromatic rings. The van der Waals surface area contributed by atoms with Crippen LogP contribution < -0.4 is 4.74 Å². The van der Waals surface area contributed by atoms with E-state index < -0.39 is 23.7 Å². The summed E-state index contributed by atoms with van der Waals surface area (Å²) in [4.78, 5) is 34.8. The van der Waals surface area contributed by atoms with Crippen LogP contribution >= 0.6 is 15.9 Å². The average molecular weight is 369 g/mol. The van der Waals surface area contributed by atoms with Crippen LogP contribution in [0.2, 0.25) is 0 Å². The van der Waals surface area contributed by atoms with Crippen LogP contribution in [0.4, 0.5) is 0 Å². The molecule has 6 nitrogen and oxygen atoms in total. The van der Waals surface area contributed by atoms with Crippen molar-refractivity contribution in [3.8, 4) is 5.75 Å². The quantitative estimate of drug-likeness (QED) is 0.345. The highest BCUT2D eigenvalue weighted by atomic mass is 79.9. The first-order chi connectivity index (χ1) is 10.2. The number of halogens is 1. The van der Waals surface area contributed by atoms with Crippen molar-refractivity contribution in [2.75, 3.05) is 0 Å². The number of cyclic esters (lactones) is 2. The summed E-state index contributed by atoms with van der Waals surface area (Å²) in [5.74, 6) is -3.01. The van der Waals surface area contributed by atoms with E-state index in [1.54, 1.807) is 12.1 Å². The Bertz CT molecular complexity index is 667. The summed E-state index contributed by atoms with van der Waals surface area (Å²) in [5.41, 5.74) is 0.238. The van der Waals surface area contributed by atoms with Crippen molar-refractivity contribution >= 4 is 39.9 Å². The van der Waals surface area contributed by atoms with Crippen molar-refractivity contribution in [1.82, 2.24) is 0 Å². The van der Waals surface area contributed by atoms with Gasteiger partial charge in [-0.25, -0.2) is 9.59 Å². The molecule has 1 aliphatic rings. The largest absolute Gasteiger partial charge is 0.427 e. The second-order valence-corrected chi connectivity index (χ2v) is 5.87. The first-order valence-corrected chi connectivity index (χ1v) is 7.13. The number of rotatable bonds is 2. The lowest BCUT2D eigenvalue weighted by atomic mass is 10.1. The van der Waals surface area contributed by atoms with Crippen LogP contribution in [0.25, 0.3) is 6.08 Å². The minimum Gasteiger partial charge on any atom is -0.427 e. The van der Waals surface area contributed by atoms with Gasteiger partial charge in [0.25, 0.3) is 5.79 Å². The van der Waals surface area contributed by atoms with Gasteiger partial charge in [0, 0.05) is 25.2 Å². The van der Waals surface area contributed by atoms with Gasteiger partial charge in [-0.3, -0.25) is 4.79 Å². The van der Waals surface area contributed by atoms with Crippen molar-refractivity contribution in [1.29, 1.82) is 0 Å². The third-order valence-corrected chi connectivity index (χ3v) is 3.37. The molecule has 2 rings (SSSR count). The van der Waals surface area contributed by atoms with E-state index in [4.69, 9.17) is 14.2 Å². The molecule has 0 unspecified atom stereocenters. The van der Waals surface area contributed by atoms with Crippen LogP contribution in [-0.2, 0) is 23.9 Å². The molecule has 1 aliphatic heterocycles. The van der Waals surface area contributed by atoms with E-state index in [1.165, 1.54) is 32.9 Å². The van der Waals surface area contributed by atoms with Crippen molar-refractivity contribution in [2.24, 2.45) is 0 Å². The molecule has 0 aromatic heterocycles. The van der Waals surface area contributed by atoms with Gasteiger partial charge >= 0.3 is 17.9 Å². The van der Waals surface area contributed by atoms with Crippen LogP contribution in [0.1, 0.15) is 26.3 Å². The van der Waals surface area contributed by atoms with Gasteiger partial charge < -0.3 is 14.2 Å².